The van der Waals surface area contributed by atoms with E-state index in [2.05, 4.69) is 15.6 Å². The van der Waals surface area contributed by atoms with E-state index < -0.39 is 6.29 Å². The van der Waals surface area contributed by atoms with E-state index in [0.29, 0.717) is 37.8 Å². The number of rotatable bonds is 11. The van der Waals surface area contributed by atoms with Crippen LogP contribution in [0, 0.1) is 6.92 Å². The van der Waals surface area contributed by atoms with Gasteiger partial charge in [0.1, 0.15) is 12.4 Å². The van der Waals surface area contributed by atoms with Crippen LogP contribution in [0.4, 0.5) is 5.69 Å². The van der Waals surface area contributed by atoms with Crippen LogP contribution in [0.2, 0.25) is 0 Å². The first kappa shape index (κ1) is 22.5. The van der Waals surface area contributed by atoms with Gasteiger partial charge in [0.05, 0.1) is 18.4 Å². The molecule has 31 heavy (non-hydrogen) atoms. The number of ether oxygens (including phenoxy) is 3. The molecular formula is C23H28N4O4. The van der Waals surface area contributed by atoms with E-state index in [0.717, 1.165) is 11.1 Å². The highest BCUT2D eigenvalue weighted by Crippen LogP contribution is 2.27. The van der Waals surface area contributed by atoms with E-state index in [1.165, 1.54) is 4.68 Å². The van der Waals surface area contributed by atoms with Crippen molar-refractivity contribution >= 4 is 11.6 Å². The van der Waals surface area contributed by atoms with Crippen LogP contribution in [-0.2, 0) is 22.6 Å². The van der Waals surface area contributed by atoms with E-state index in [-0.39, 0.29) is 11.6 Å². The fourth-order valence-electron chi connectivity index (χ4n) is 2.94. The first-order valence-electron chi connectivity index (χ1n) is 10.3. The summed E-state index contributed by atoms with van der Waals surface area (Å²) in [5, 5.41) is 10.9. The number of carbonyl (C=O) groups excluding carboxylic acids is 1. The molecule has 2 aromatic carbocycles. The van der Waals surface area contributed by atoms with E-state index in [9.17, 15) is 4.79 Å². The molecule has 0 saturated carbocycles. The molecule has 8 heteroatoms. The lowest BCUT2D eigenvalue weighted by Crippen LogP contribution is -2.24. The molecule has 3 rings (SSSR count). The van der Waals surface area contributed by atoms with Gasteiger partial charge in [0, 0.05) is 13.2 Å². The van der Waals surface area contributed by atoms with Crippen molar-refractivity contribution in [2.75, 3.05) is 18.5 Å². The van der Waals surface area contributed by atoms with Gasteiger partial charge in [-0.05, 0) is 44.0 Å². The summed E-state index contributed by atoms with van der Waals surface area (Å²) in [4.78, 5) is 12.7. The minimum absolute atomic E-state index is 0.196. The Labute approximate surface area is 182 Å². The number of amides is 1. The van der Waals surface area contributed by atoms with Gasteiger partial charge in [-0.25, -0.2) is 4.68 Å². The highest BCUT2D eigenvalue weighted by Gasteiger charge is 2.16. The minimum atomic E-state index is -0.442. The molecule has 0 bridgehead atoms. The number of benzene rings is 2. The predicted octanol–water partition coefficient (Wildman–Crippen LogP) is 3.82. The lowest BCUT2D eigenvalue weighted by molar-refractivity contribution is -0.145. The van der Waals surface area contributed by atoms with Crippen molar-refractivity contribution in [1.82, 2.24) is 15.0 Å². The van der Waals surface area contributed by atoms with Gasteiger partial charge < -0.3 is 19.5 Å². The second kappa shape index (κ2) is 11.2. The number of aromatic nitrogens is 3. The molecule has 1 N–H and O–H groups in total. The van der Waals surface area contributed by atoms with Gasteiger partial charge in [0.15, 0.2) is 12.0 Å². The Morgan fingerprint density at radius 1 is 1.10 bits per heavy atom. The van der Waals surface area contributed by atoms with Crippen molar-refractivity contribution in [3.8, 4) is 5.75 Å². The number of carbonyl (C=O) groups is 1. The van der Waals surface area contributed by atoms with Crippen LogP contribution in [-0.4, -0.2) is 40.4 Å². The third kappa shape index (κ3) is 6.63. The first-order valence-corrected chi connectivity index (χ1v) is 10.3. The van der Waals surface area contributed by atoms with Crippen molar-refractivity contribution < 1.29 is 19.0 Å². The van der Waals surface area contributed by atoms with E-state index in [1.54, 1.807) is 6.20 Å². The molecule has 0 aliphatic heterocycles. The second-order valence-corrected chi connectivity index (χ2v) is 6.89. The summed E-state index contributed by atoms with van der Waals surface area (Å²) in [6.45, 7) is 7.55. The number of hydrogen-bond acceptors (Lipinski definition) is 6. The van der Waals surface area contributed by atoms with E-state index in [1.807, 2.05) is 69.3 Å². The van der Waals surface area contributed by atoms with Crippen molar-refractivity contribution in [3.63, 3.8) is 0 Å². The molecule has 0 unspecified atom stereocenters. The molecule has 1 aromatic heterocycles. The van der Waals surface area contributed by atoms with Crippen LogP contribution in [0.5, 0.6) is 5.75 Å². The maximum Gasteiger partial charge on any atom is 0.277 e. The first-order chi connectivity index (χ1) is 15.1. The number of anilines is 1. The summed E-state index contributed by atoms with van der Waals surface area (Å²) in [7, 11) is 0. The lowest BCUT2D eigenvalue weighted by atomic mass is 10.2. The lowest BCUT2D eigenvalue weighted by Gasteiger charge is -2.16. The van der Waals surface area contributed by atoms with Crippen LogP contribution in [0.3, 0.4) is 0 Å². The monoisotopic (exact) mass is 424 g/mol. The van der Waals surface area contributed by atoms with E-state index in [4.69, 9.17) is 14.2 Å². The molecule has 0 aliphatic rings. The smallest absolute Gasteiger partial charge is 0.277 e. The molecule has 8 nitrogen and oxygen atoms in total. The Bertz CT molecular complexity index is 969. The van der Waals surface area contributed by atoms with Crippen LogP contribution in [0.15, 0.2) is 54.7 Å². The topological polar surface area (TPSA) is 87.5 Å². The summed E-state index contributed by atoms with van der Waals surface area (Å²) in [6.07, 6.45) is 1.13. The molecule has 164 valence electrons. The van der Waals surface area contributed by atoms with Gasteiger partial charge in [-0.15, -0.1) is 5.10 Å². The summed E-state index contributed by atoms with van der Waals surface area (Å²) in [5.41, 5.74) is 2.84. The summed E-state index contributed by atoms with van der Waals surface area (Å²) >= 11 is 0. The highest BCUT2D eigenvalue weighted by atomic mass is 16.7. The fourth-order valence-corrected chi connectivity index (χ4v) is 2.94. The molecule has 0 radical (unpaired) electrons. The largest absolute Gasteiger partial charge is 0.487 e. The minimum Gasteiger partial charge on any atom is -0.487 e. The summed E-state index contributed by atoms with van der Waals surface area (Å²) in [5.74, 6) is 0.224. The normalized spacial score (nSPS) is 11.0. The fraction of sp³-hybridized carbons (Fsp3) is 0.348. The third-order valence-electron chi connectivity index (χ3n) is 4.44. The molecule has 0 aliphatic carbocycles. The zero-order chi connectivity index (χ0) is 22.1. The second-order valence-electron chi connectivity index (χ2n) is 6.89. The maximum absolute atomic E-state index is 12.7. The quantitative estimate of drug-likeness (QED) is 0.471. The Kier molecular flexibility index (Phi) is 8.14. The number of aryl methyl sites for hydroxylation is 1. The summed E-state index contributed by atoms with van der Waals surface area (Å²) in [6, 6.07) is 15.5. The van der Waals surface area contributed by atoms with Crippen molar-refractivity contribution in [1.29, 1.82) is 0 Å². The van der Waals surface area contributed by atoms with Crippen molar-refractivity contribution in [2.45, 2.75) is 40.2 Å². The Balaban J connectivity index is 1.67. The average molecular weight is 425 g/mol. The van der Waals surface area contributed by atoms with Gasteiger partial charge >= 0.3 is 0 Å². The highest BCUT2D eigenvalue weighted by molar-refractivity contribution is 6.03. The predicted molar refractivity (Wildman–Crippen MR) is 117 cm³/mol. The number of nitrogens with one attached hydrogen (secondary N) is 1. The standard InChI is InChI=1S/C23H28N4O4/c1-4-29-22(30-5-2)15-27-14-20(25-26-27)23(28)24-19-12-11-17(3)13-21(19)31-16-18-9-7-6-8-10-18/h6-14,22H,4-5,15-16H2,1-3H3,(H,24,28). The number of hydrogen-bond donors (Lipinski definition) is 1. The van der Waals surface area contributed by atoms with Crippen molar-refractivity contribution in [2.24, 2.45) is 0 Å². The maximum atomic E-state index is 12.7. The van der Waals surface area contributed by atoms with Crippen LogP contribution < -0.4 is 10.1 Å². The summed E-state index contributed by atoms with van der Waals surface area (Å²) < 4.78 is 18.5. The molecule has 0 fully saturated rings. The van der Waals surface area contributed by atoms with Gasteiger partial charge in [-0.2, -0.15) is 0 Å². The molecule has 0 atom stereocenters. The molecule has 0 saturated heterocycles. The zero-order valence-electron chi connectivity index (χ0n) is 18.1. The molecule has 1 amide bonds. The van der Waals surface area contributed by atoms with Crippen LogP contribution >= 0.6 is 0 Å². The van der Waals surface area contributed by atoms with E-state index >= 15 is 0 Å². The SMILES string of the molecule is CCOC(Cn1cc(C(=O)Nc2ccc(C)cc2OCc2ccccc2)nn1)OCC. The van der Waals surface area contributed by atoms with Crippen molar-refractivity contribution in [3.05, 3.63) is 71.5 Å². The molecular weight excluding hydrogens is 396 g/mol. The molecule has 1 heterocycles. The molecule has 0 spiro atoms. The third-order valence-corrected chi connectivity index (χ3v) is 4.44. The Hall–Kier alpha value is -3.23. The van der Waals surface area contributed by atoms with Gasteiger partial charge in [-0.1, -0.05) is 41.6 Å². The van der Waals surface area contributed by atoms with Gasteiger partial charge in [0.25, 0.3) is 5.91 Å². The van der Waals surface area contributed by atoms with Crippen LogP contribution in [0.1, 0.15) is 35.5 Å². The van der Waals surface area contributed by atoms with Gasteiger partial charge in [0.2, 0.25) is 0 Å². The Morgan fingerprint density at radius 2 is 1.84 bits per heavy atom. The Morgan fingerprint density at radius 3 is 2.55 bits per heavy atom. The zero-order valence-corrected chi connectivity index (χ0v) is 18.1. The number of nitrogens with zero attached hydrogens (tertiary/aromatic N) is 3. The van der Waals surface area contributed by atoms with Gasteiger partial charge in [-0.3, -0.25) is 4.79 Å². The molecule has 3 aromatic rings. The van der Waals surface area contributed by atoms with Crippen LogP contribution in [0.25, 0.3) is 0 Å². The average Bonchev–Trinajstić information content (AvgIpc) is 3.23.